The summed E-state index contributed by atoms with van der Waals surface area (Å²) in [5.41, 5.74) is 8.46. The Kier molecular flexibility index (Phi) is 2.82. The molecule has 16 heavy (non-hydrogen) atoms. The Hall–Kier alpha value is -0.830. The molecule has 1 atom stereocenters. The molecule has 90 valence electrons. The summed E-state index contributed by atoms with van der Waals surface area (Å²) in [4.78, 5) is 0. The van der Waals surface area contributed by atoms with Gasteiger partial charge in [-0.15, -0.1) is 0 Å². The topological polar surface area (TPSA) is 43.8 Å². The van der Waals surface area contributed by atoms with Crippen LogP contribution in [0.25, 0.3) is 0 Å². The lowest BCUT2D eigenvalue weighted by Crippen LogP contribution is -2.25. The monoisotopic (exact) mass is 221 g/mol. The van der Waals surface area contributed by atoms with E-state index in [0.29, 0.717) is 0 Å². The average molecular weight is 221 g/mol. The third-order valence-electron chi connectivity index (χ3n) is 2.95. The van der Waals surface area contributed by atoms with Crippen LogP contribution in [-0.4, -0.2) is 15.8 Å². The molecule has 2 rings (SSSR count). The summed E-state index contributed by atoms with van der Waals surface area (Å²) in [6, 6.07) is 2.45. The van der Waals surface area contributed by atoms with Gasteiger partial charge in [0, 0.05) is 24.1 Å². The molecular weight excluding hydrogens is 198 g/mol. The van der Waals surface area contributed by atoms with Gasteiger partial charge in [-0.25, -0.2) is 0 Å². The van der Waals surface area contributed by atoms with Gasteiger partial charge in [0.25, 0.3) is 0 Å². The Balaban J connectivity index is 2.30. The second-order valence-electron chi connectivity index (χ2n) is 6.10. The van der Waals surface area contributed by atoms with Crippen LogP contribution >= 0.6 is 0 Å². The van der Waals surface area contributed by atoms with Crippen LogP contribution in [-0.2, 0) is 12.0 Å². The van der Waals surface area contributed by atoms with Crippen molar-refractivity contribution >= 4 is 0 Å². The second kappa shape index (κ2) is 3.88. The summed E-state index contributed by atoms with van der Waals surface area (Å²) in [7, 11) is 0. The lowest BCUT2D eigenvalue weighted by molar-refractivity contribution is 0.341. The largest absolute Gasteiger partial charge is 0.328 e. The molecule has 3 nitrogen and oxygen atoms in total. The highest BCUT2D eigenvalue weighted by Gasteiger charge is 2.31. The molecule has 2 N–H and O–H groups in total. The highest BCUT2D eigenvalue weighted by atomic mass is 15.3. The fraction of sp³-hybridized carbons (Fsp3) is 0.769. The van der Waals surface area contributed by atoms with Crippen molar-refractivity contribution in [3.63, 3.8) is 0 Å². The fourth-order valence-electron chi connectivity index (χ4n) is 2.08. The van der Waals surface area contributed by atoms with Gasteiger partial charge in [0.2, 0.25) is 0 Å². The Morgan fingerprint density at radius 1 is 1.50 bits per heavy atom. The van der Waals surface area contributed by atoms with Gasteiger partial charge in [0.1, 0.15) is 0 Å². The van der Waals surface area contributed by atoms with Gasteiger partial charge in [-0.1, -0.05) is 0 Å². The lowest BCUT2D eigenvalue weighted by atomic mass is 10.1. The number of rotatable bonds is 3. The maximum atomic E-state index is 5.84. The van der Waals surface area contributed by atoms with E-state index in [9.17, 15) is 0 Å². The molecule has 0 bridgehead atoms. The van der Waals surface area contributed by atoms with Crippen molar-refractivity contribution in [3.8, 4) is 0 Å². The quantitative estimate of drug-likeness (QED) is 0.851. The minimum Gasteiger partial charge on any atom is -0.328 e. The van der Waals surface area contributed by atoms with Crippen LogP contribution in [0.5, 0.6) is 0 Å². The molecule has 1 aliphatic rings. The van der Waals surface area contributed by atoms with Crippen LogP contribution in [0.3, 0.4) is 0 Å². The van der Waals surface area contributed by atoms with Crippen LogP contribution in [0, 0.1) is 0 Å². The minimum absolute atomic E-state index is 0.0774. The Morgan fingerprint density at radius 2 is 2.12 bits per heavy atom. The van der Waals surface area contributed by atoms with E-state index in [4.69, 9.17) is 10.8 Å². The van der Waals surface area contributed by atoms with Crippen LogP contribution < -0.4 is 5.73 Å². The zero-order chi connectivity index (χ0) is 11.9. The molecule has 1 aromatic heterocycles. The maximum Gasteiger partial charge on any atom is 0.0643 e. The maximum absolute atomic E-state index is 5.84. The molecule has 3 heteroatoms. The number of hydrogen-bond donors (Lipinski definition) is 1. The minimum atomic E-state index is 0.0774. The summed E-state index contributed by atoms with van der Waals surface area (Å²) in [5.74, 6) is 0.744. The van der Waals surface area contributed by atoms with E-state index in [1.54, 1.807) is 0 Å². The molecule has 1 aromatic rings. The van der Waals surface area contributed by atoms with Crippen molar-refractivity contribution < 1.29 is 0 Å². The first kappa shape index (κ1) is 11.6. The van der Waals surface area contributed by atoms with Crippen molar-refractivity contribution in [2.45, 2.75) is 64.5 Å². The molecule has 1 saturated carbocycles. The summed E-state index contributed by atoms with van der Waals surface area (Å²) in [5, 5.41) is 4.72. The summed E-state index contributed by atoms with van der Waals surface area (Å²) >= 11 is 0. The van der Waals surface area contributed by atoms with Gasteiger partial charge in [-0.3, -0.25) is 4.68 Å². The first-order chi connectivity index (χ1) is 7.38. The first-order valence-corrected chi connectivity index (χ1v) is 6.23. The standard InChI is InChI=1S/C13H23N3/c1-9(14)7-11-8-12(10-5-6-10)16(15-11)13(2,3)4/h8-10H,5-7,14H2,1-4H3. The van der Waals surface area contributed by atoms with E-state index in [1.165, 1.54) is 18.5 Å². The molecule has 1 aliphatic carbocycles. The van der Waals surface area contributed by atoms with Gasteiger partial charge in [-0.05, 0) is 46.6 Å². The molecule has 0 amide bonds. The zero-order valence-electron chi connectivity index (χ0n) is 10.8. The predicted molar refractivity (Wildman–Crippen MR) is 66.6 cm³/mol. The summed E-state index contributed by atoms with van der Waals surface area (Å²) in [6.45, 7) is 8.66. The van der Waals surface area contributed by atoms with Gasteiger partial charge in [-0.2, -0.15) is 5.10 Å². The van der Waals surface area contributed by atoms with Crippen LogP contribution in [0.1, 0.15) is 57.8 Å². The second-order valence-corrected chi connectivity index (χ2v) is 6.10. The summed E-state index contributed by atoms with van der Waals surface area (Å²) < 4.78 is 2.20. The molecule has 1 fully saturated rings. The fourth-order valence-corrected chi connectivity index (χ4v) is 2.08. The molecule has 0 aliphatic heterocycles. The van der Waals surface area contributed by atoms with Crippen LogP contribution in [0.15, 0.2) is 6.07 Å². The van der Waals surface area contributed by atoms with Crippen LogP contribution in [0.4, 0.5) is 0 Å². The van der Waals surface area contributed by atoms with Crippen molar-refractivity contribution in [1.82, 2.24) is 9.78 Å². The highest BCUT2D eigenvalue weighted by Crippen LogP contribution is 2.41. The number of aromatic nitrogens is 2. The molecule has 0 saturated heterocycles. The number of nitrogens with zero attached hydrogens (tertiary/aromatic N) is 2. The Labute approximate surface area is 98.0 Å². The SMILES string of the molecule is CC(N)Cc1cc(C2CC2)n(C(C)(C)C)n1. The van der Waals surface area contributed by atoms with E-state index in [0.717, 1.165) is 18.0 Å². The predicted octanol–water partition coefficient (Wildman–Crippen LogP) is 2.41. The van der Waals surface area contributed by atoms with Gasteiger partial charge in [0.05, 0.1) is 11.2 Å². The molecule has 0 aromatic carbocycles. The average Bonchev–Trinajstić information content (AvgIpc) is 2.86. The van der Waals surface area contributed by atoms with E-state index in [2.05, 4.69) is 31.5 Å². The molecular formula is C13H23N3. The van der Waals surface area contributed by atoms with Gasteiger partial charge >= 0.3 is 0 Å². The third-order valence-corrected chi connectivity index (χ3v) is 2.95. The lowest BCUT2D eigenvalue weighted by Gasteiger charge is -2.22. The molecule has 0 spiro atoms. The van der Waals surface area contributed by atoms with Crippen molar-refractivity contribution in [3.05, 3.63) is 17.5 Å². The first-order valence-electron chi connectivity index (χ1n) is 6.23. The highest BCUT2D eigenvalue weighted by molar-refractivity contribution is 5.21. The molecule has 1 heterocycles. The number of hydrogen-bond acceptors (Lipinski definition) is 2. The van der Waals surface area contributed by atoms with E-state index in [-0.39, 0.29) is 11.6 Å². The van der Waals surface area contributed by atoms with Gasteiger partial charge in [0.15, 0.2) is 0 Å². The van der Waals surface area contributed by atoms with E-state index < -0.39 is 0 Å². The normalized spacial score (nSPS) is 18.8. The smallest absolute Gasteiger partial charge is 0.0643 e. The molecule has 1 unspecified atom stereocenters. The summed E-state index contributed by atoms with van der Waals surface area (Å²) in [6.07, 6.45) is 3.52. The third kappa shape index (κ3) is 2.46. The Bertz CT molecular complexity index is 367. The van der Waals surface area contributed by atoms with E-state index >= 15 is 0 Å². The molecule has 0 radical (unpaired) electrons. The van der Waals surface area contributed by atoms with Gasteiger partial charge < -0.3 is 5.73 Å². The zero-order valence-corrected chi connectivity index (χ0v) is 10.8. The van der Waals surface area contributed by atoms with Crippen molar-refractivity contribution in [2.24, 2.45) is 5.73 Å². The van der Waals surface area contributed by atoms with Crippen LogP contribution in [0.2, 0.25) is 0 Å². The van der Waals surface area contributed by atoms with E-state index in [1.807, 2.05) is 6.92 Å². The van der Waals surface area contributed by atoms with Crippen molar-refractivity contribution in [1.29, 1.82) is 0 Å². The Morgan fingerprint density at radius 3 is 2.56 bits per heavy atom. The number of nitrogens with two attached hydrogens (primary N) is 1. The van der Waals surface area contributed by atoms with Crippen molar-refractivity contribution in [2.75, 3.05) is 0 Å².